The first kappa shape index (κ1) is 17.9. The number of sulfonamides is 1. The largest absolute Gasteiger partial charge is 0.383 e. The van der Waals surface area contributed by atoms with E-state index in [1.54, 1.807) is 21.1 Å². The Bertz CT molecular complexity index is 564. The summed E-state index contributed by atoms with van der Waals surface area (Å²) in [4.78, 5) is 0.105. The number of methoxy groups -OCH3 is 1. The highest BCUT2D eigenvalue weighted by molar-refractivity contribution is 7.89. The van der Waals surface area contributed by atoms with Crippen molar-refractivity contribution < 1.29 is 13.2 Å². The van der Waals surface area contributed by atoms with E-state index in [4.69, 9.17) is 10.5 Å². The second-order valence-electron chi connectivity index (χ2n) is 5.00. The Morgan fingerprint density at radius 3 is 2.33 bits per heavy atom. The molecule has 0 radical (unpaired) electrons. The third-order valence-electron chi connectivity index (χ3n) is 3.74. The van der Waals surface area contributed by atoms with Crippen LogP contribution >= 0.6 is 0 Å². The molecule has 0 aliphatic heterocycles. The number of aromatic nitrogens is 2. The Hall–Kier alpha value is -1.12. The maximum absolute atomic E-state index is 13.0. The zero-order valence-corrected chi connectivity index (χ0v) is 14.3. The molecule has 0 aliphatic rings. The minimum Gasteiger partial charge on any atom is -0.383 e. The third-order valence-corrected chi connectivity index (χ3v) is 5.86. The van der Waals surface area contributed by atoms with E-state index in [2.05, 4.69) is 5.10 Å². The van der Waals surface area contributed by atoms with Gasteiger partial charge in [-0.2, -0.15) is 9.40 Å². The number of hydrogen-bond acceptors (Lipinski definition) is 5. The first-order valence-corrected chi connectivity index (χ1v) is 8.55. The Balaban J connectivity index is 3.32. The third kappa shape index (κ3) is 3.56. The predicted octanol–water partition coefficient (Wildman–Crippen LogP) is 1.14. The van der Waals surface area contributed by atoms with Gasteiger partial charge in [0.25, 0.3) is 0 Å². The molecule has 0 aliphatic carbocycles. The van der Waals surface area contributed by atoms with E-state index < -0.39 is 10.0 Å². The van der Waals surface area contributed by atoms with E-state index in [1.807, 2.05) is 13.8 Å². The van der Waals surface area contributed by atoms with Gasteiger partial charge >= 0.3 is 0 Å². The van der Waals surface area contributed by atoms with Crippen molar-refractivity contribution in [1.82, 2.24) is 14.1 Å². The van der Waals surface area contributed by atoms with Crippen LogP contribution in [0.5, 0.6) is 0 Å². The smallest absolute Gasteiger partial charge is 0.248 e. The van der Waals surface area contributed by atoms with Crippen LogP contribution in [0.4, 0.5) is 5.82 Å². The van der Waals surface area contributed by atoms with E-state index in [-0.39, 0.29) is 16.8 Å². The molecule has 0 fully saturated rings. The molecule has 0 unspecified atom stereocenters. The summed E-state index contributed by atoms with van der Waals surface area (Å²) in [5.74, 6) is 0.0448. The van der Waals surface area contributed by atoms with Crippen molar-refractivity contribution in [2.45, 2.75) is 44.6 Å². The van der Waals surface area contributed by atoms with Gasteiger partial charge in [-0.3, -0.25) is 4.68 Å². The molecule has 1 aromatic rings. The lowest BCUT2D eigenvalue weighted by molar-refractivity contribution is 0.163. The molecular weight excluding hydrogens is 292 g/mol. The van der Waals surface area contributed by atoms with Gasteiger partial charge in [0.2, 0.25) is 10.0 Å². The number of nitrogens with zero attached hydrogens (tertiary/aromatic N) is 3. The van der Waals surface area contributed by atoms with Gasteiger partial charge in [0.15, 0.2) is 5.82 Å². The van der Waals surface area contributed by atoms with Gasteiger partial charge in [0.05, 0.1) is 12.3 Å². The number of ether oxygens (including phenoxy) is 1. The molecule has 0 aromatic carbocycles. The number of nitrogens with two attached hydrogens (primary N) is 1. The fourth-order valence-electron chi connectivity index (χ4n) is 2.43. The summed E-state index contributed by atoms with van der Waals surface area (Å²) >= 11 is 0. The van der Waals surface area contributed by atoms with Crippen LogP contribution in [-0.4, -0.2) is 48.8 Å². The Morgan fingerprint density at radius 1 is 1.38 bits per heavy atom. The van der Waals surface area contributed by atoms with Crippen molar-refractivity contribution in [1.29, 1.82) is 0 Å². The molecule has 0 spiro atoms. The van der Waals surface area contributed by atoms with Crippen molar-refractivity contribution >= 4 is 15.8 Å². The number of rotatable bonds is 8. The molecular formula is C13H26N4O3S. The first-order valence-electron chi connectivity index (χ1n) is 7.11. The highest BCUT2D eigenvalue weighted by Gasteiger charge is 2.34. The predicted molar refractivity (Wildman–Crippen MR) is 82.5 cm³/mol. The molecule has 1 heterocycles. The van der Waals surface area contributed by atoms with Crippen LogP contribution in [0.25, 0.3) is 0 Å². The Labute approximate surface area is 127 Å². The van der Waals surface area contributed by atoms with Gasteiger partial charge in [0.1, 0.15) is 4.90 Å². The summed E-state index contributed by atoms with van der Waals surface area (Å²) < 4.78 is 34.0. The number of aryl methyl sites for hydroxylation is 1. The van der Waals surface area contributed by atoms with Crippen molar-refractivity contribution in [2.75, 3.05) is 26.0 Å². The average molecular weight is 318 g/mol. The molecule has 0 saturated heterocycles. The minimum absolute atomic E-state index is 0.0448. The minimum atomic E-state index is -3.69. The lowest BCUT2D eigenvalue weighted by Crippen LogP contribution is -2.42. The summed E-state index contributed by atoms with van der Waals surface area (Å²) in [5, 5.41) is 4.01. The van der Waals surface area contributed by atoms with Gasteiger partial charge in [-0.1, -0.05) is 13.8 Å². The van der Waals surface area contributed by atoms with E-state index in [1.165, 1.54) is 8.99 Å². The monoisotopic (exact) mass is 318 g/mol. The van der Waals surface area contributed by atoms with Gasteiger partial charge in [0, 0.05) is 26.7 Å². The molecule has 1 rings (SSSR count). The van der Waals surface area contributed by atoms with Crippen LogP contribution in [-0.2, 0) is 21.8 Å². The molecule has 21 heavy (non-hydrogen) atoms. The van der Waals surface area contributed by atoms with Crippen LogP contribution in [0.1, 0.15) is 32.4 Å². The van der Waals surface area contributed by atoms with Crippen molar-refractivity contribution in [3.63, 3.8) is 0 Å². The zero-order valence-electron chi connectivity index (χ0n) is 13.5. The van der Waals surface area contributed by atoms with Crippen LogP contribution in [0.3, 0.4) is 0 Å². The molecule has 0 amide bonds. The molecule has 0 saturated carbocycles. The van der Waals surface area contributed by atoms with E-state index >= 15 is 0 Å². The standard InChI is InChI=1S/C13H26N4O3S/c1-6-11(7-2)17(8-9-20-5)21(18,19)12-10(3)16(4)15-13(12)14/h11H,6-9H2,1-5H3,(H2,14,15). The van der Waals surface area contributed by atoms with Gasteiger partial charge < -0.3 is 10.5 Å². The molecule has 8 heteroatoms. The summed E-state index contributed by atoms with van der Waals surface area (Å²) in [7, 11) is -0.453. The van der Waals surface area contributed by atoms with Gasteiger partial charge in [-0.15, -0.1) is 0 Å². The van der Waals surface area contributed by atoms with Crippen LogP contribution < -0.4 is 5.73 Å². The molecule has 1 aromatic heterocycles. The van der Waals surface area contributed by atoms with Gasteiger partial charge in [-0.05, 0) is 19.8 Å². The molecule has 122 valence electrons. The van der Waals surface area contributed by atoms with E-state index in [9.17, 15) is 8.42 Å². The normalized spacial score (nSPS) is 12.5. The summed E-state index contributed by atoms with van der Waals surface area (Å²) in [6.45, 7) is 6.30. The van der Waals surface area contributed by atoms with E-state index in [0.29, 0.717) is 18.8 Å². The van der Waals surface area contributed by atoms with E-state index in [0.717, 1.165) is 12.8 Å². The Kier molecular flexibility index (Phi) is 6.18. The lowest BCUT2D eigenvalue weighted by Gasteiger charge is -2.29. The fourth-order valence-corrected chi connectivity index (χ4v) is 4.48. The molecule has 0 atom stereocenters. The molecule has 7 nitrogen and oxygen atoms in total. The number of anilines is 1. The topological polar surface area (TPSA) is 90.4 Å². The van der Waals surface area contributed by atoms with Crippen LogP contribution in [0, 0.1) is 6.92 Å². The maximum Gasteiger partial charge on any atom is 0.248 e. The Morgan fingerprint density at radius 2 is 1.95 bits per heavy atom. The van der Waals surface area contributed by atoms with Crippen molar-refractivity contribution in [3.05, 3.63) is 5.69 Å². The lowest BCUT2D eigenvalue weighted by atomic mass is 10.2. The fraction of sp³-hybridized carbons (Fsp3) is 0.769. The zero-order chi connectivity index (χ0) is 16.2. The number of hydrogen-bond donors (Lipinski definition) is 1. The summed E-state index contributed by atoms with van der Waals surface area (Å²) in [6.07, 6.45) is 1.47. The van der Waals surface area contributed by atoms with Crippen LogP contribution in [0.2, 0.25) is 0 Å². The second kappa shape index (κ2) is 7.24. The SMILES string of the molecule is CCC(CC)N(CCOC)S(=O)(=O)c1c(N)nn(C)c1C. The number of nitrogen functional groups attached to an aromatic ring is 1. The molecule has 2 N–H and O–H groups in total. The second-order valence-corrected chi connectivity index (χ2v) is 6.83. The van der Waals surface area contributed by atoms with Crippen LogP contribution in [0.15, 0.2) is 4.90 Å². The summed E-state index contributed by atoms with van der Waals surface area (Å²) in [6, 6.07) is -0.0795. The first-order chi connectivity index (χ1) is 9.81. The van der Waals surface area contributed by atoms with Gasteiger partial charge in [-0.25, -0.2) is 8.42 Å². The average Bonchev–Trinajstić information content (AvgIpc) is 2.68. The summed E-state index contributed by atoms with van der Waals surface area (Å²) in [5.41, 5.74) is 6.35. The molecule has 0 bridgehead atoms. The maximum atomic E-state index is 13.0. The highest BCUT2D eigenvalue weighted by Crippen LogP contribution is 2.27. The quantitative estimate of drug-likeness (QED) is 0.776. The van der Waals surface area contributed by atoms with Crippen molar-refractivity contribution in [2.24, 2.45) is 7.05 Å². The van der Waals surface area contributed by atoms with Crippen molar-refractivity contribution in [3.8, 4) is 0 Å². The highest BCUT2D eigenvalue weighted by atomic mass is 32.2.